The number of hydrogen-bond acceptors (Lipinski definition) is 3. The van der Waals surface area contributed by atoms with Crippen LogP contribution in [0, 0.1) is 11.8 Å². The van der Waals surface area contributed by atoms with Gasteiger partial charge in [0.1, 0.15) is 12.1 Å². The summed E-state index contributed by atoms with van der Waals surface area (Å²) in [4.78, 5) is 20.6. The fourth-order valence-electron chi connectivity index (χ4n) is 3.88. The van der Waals surface area contributed by atoms with E-state index >= 15 is 0 Å². The van der Waals surface area contributed by atoms with Crippen molar-refractivity contribution in [2.24, 2.45) is 11.8 Å². The van der Waals surface area contributed by atoms with Gasteiger partial charge >= 0.3 is 6.03 Å². The van der Waals surface area contributed by atoms with E-state index in [1.165, 1.54) is 25.7 Å². The Bertz CT molecular complexity index is 710. The molecule has 6 heteroatoms. The first kappa shape index (κ1) is 16.1. The Labute approximate surface area is 148 Å². The van der Waals surface area contributed by atoms with Crippen LogP contribution in [0.4, 0.5) is 4.79 Å². The van der Waals surface area contributed by atoms with E-state index in [0.717, 1.165) is 36.1 Å². The van der Waals surface area contributed by atoms with E-state index in [0.29, 0.717) is 12.6 Å². The predicted octanol–water partition coefficient (Wildman–Crippen LogP) is 3.04. The first-order valence-corrected chi connectivity index (χ1v) is 9.25. The highest BCUT2D eigenvalue weighted by atomic mass is 16.2. The van der Waals surface area contributed by atoms with E-state index in [4.69, 9.17) is 0 Å². The number of aromatic nitrogens is 3. The monoisotopic (exact) mass is 339 g/mol. The molecule has 0 aliphatic heterocycles. The average Bonchev–Trinajstić information content (AvgIpc) is 3.35. The first-order chi connectivity index (χ1) is 12.3. The molecule has 0 saturated heterocycles. The van der Waals surface area contributed by atoms with Crippen molar-refractivity contribution in [1.29, 1.82) is 0 Å². The predicted molar refractivity (Wildman–Crippen MR) is 95.2 cm³/mol. The van der Waals surface area contributed by atoms with Gasteiger partial charge in [-0.2, -0.15) is 0 Å². The number of hydrogen-bond donors (Lipinski definition) is 2. The van der Waals surface area contributed by atoms with Crippen molar-refractivity contribution in [1.82, 2.24) is 25.2 Å². The molecule has 0 spiro atoms. The quantitative estimate of drug-likeness (QED) is 0.879. The Hall–Kier alpha value is -2.37. The first-order valence-electron chi connectivity index (χ1n) is 9.25. The molecule has 2 fully saturated rings. The smallest absolute Gasteiger partial charge is 0.315 e. The van der Waals surface area contributed by atoms with Crippen LogP contribution in [-0.2, 0) is 6.54 Å². The summed E-state index contributed by atoms with van der Waals surface area (Å²) >= 11 is 0. The lowest BCUT2D eigenvalue weighted by Crippen LogP contribution is -2.44. The number of nitrogens with one attached hydrogen (secondary N) is 2. The molecule has 2 saturated carbocycles. The number of urea groups is 1. The second kappa shape index (κ2) is 7.25. The Morgan fingerprint density at radius 3 is 2.92 bits per heavy atom. The van der Waals surface area contributed by atoms with E-state index in [-0.39, 0.29) is 6.03 Å². The largest absolute Gasteiger partial charge is 0.335 e. The van der Waals surface area contributed by atoms with Gasteiger partial charge in [-0.3, -0.25) is 4.57 Å². The zero-order valence-corrected chi connectivity index (χ0v) is 14.4. The summed E-state index contributed by atoms with van der Waals surface area (Å²) in [5.41, 5.74) is 1.02. The molecule has 25 heavy (non-hydrogen) atoms. The number of nitrogens with zero attached hydrogens (tertiary/aromatic N) is 3. The topological polar surface area (TPSA) is 71.8 Å². The minimum absolute atomic E-state index is 0.0672. The molecule has 2 atom stereocenters. The van der Waals surface area contributed by atoms with Crippen LogP contribution in [-0.4, -0.2) is 26.6 Å². The summed E-state index contributed by atoms with van der Waals surface area (Å²) in [5.74, 6) is 2.57. The molecule has 2 heterocycles. The Morgan fingerprint density at radius 1 is 1.20 bits per heavy atom. The van der Waals surface area contributed by atoms with Crippen molar-refractivity contribution < 1.29 is 4.79 Å². The minimum Gasteiger partial charge on any atom is -0.335 e. The molecule has 0 bridgehead atoms. The highest BCUT2D eigenvalue weighted by molar-refractivity contribution is 5.74. The van der Waals surface area contributed by atoms with Gasteiger partial charge in [0.25, 0.3) is 0 Å². The van der Waals surface area contributed by atoms with Gasteiger partial charge < -0.3 is 10.6 Å². The van der Waals surface area contributed by atoms with Gasteiger partial charge in [0.05, 0.1) is 0 Å². The number of pyridine rings is 1. The Balaban J connectivity index is 1.28. The molecule has 4 rings (SSSR count). The molecule has 6 nitrogen and oxygen atoms in total. The fourth-order valence-corrected chi connectivity index (χ4v) is 3.88. The van der Waals surface area contributed by atoms with Crippen LogP contribution in [0.15, 0.2) is 37.1 Å². The van der Waals surface area contributed by atoms with Crippen molar-refractivity contribution in [2.75, 3.05) is 0 Å². The van der Waals surface area contributed by atoms with E-state index in [9.17, 15) is 4.79 Å². The minimum atomic E-state index is -0.0672. The summed E-state index contributed by atoms with van der Waals surface area (Å²) < 4.78 is 1.85. The lowest BCUT2D eigenvalue weighted by atomic mass is 9.83. The van der Waals surface area contributed by atoms with Crippen LogP contribution in [0.3, 0.4) is 0 Å². The third-order valence-electron chi connectivity index (χ3n) is 5.37. The van der Waals surface area contributed by atoms with E-state index < -0.39 is 0 Å². The third-order valence-corrected chi connectivity index (χ3v) is 5.37. The van der Waals surface area contributed by atoms with Crippen molar-refractivity contribution in [3.8, 4) is 5.82 Å². The van der Waals surface area contributed by atoms with Gasteiger partial charge in [0.15, 0.2) is 0 Å². The highest BCUT2D eigenvalue weighted by Gasteiger charge is 2.34. The van der Waals surface area contributed by atoms with Crippen LogP contribution >= 0.6 is 0 Å². The summed E-state index contributed by atoms with van der Waals surface area (Å²) in [6, 6.07) is 4.15. The van der Waals surface area contributed by atoms with Gasteiger partial charge in [-0.25, -0.2) is 14.8 Å². The van der Waals surface area contributed by atoms with Crippen LogP contribution < -0.4 is 10.6 Å². The molecular weight excluding hydrogens is 314 g/mol. The fraction of sp³-hybridized carbons (Fsp3) is 0.526. The normalized spacial score (nSPS) is 23.2. The molecule has 0 aromatic carbocycles. The second-order valence-corrected chi connectivity index (χ2v) is 7.28. The van der Waals surface area contributed by atoms with Crippen molar-refractivity contribution >= 4 is 6.03 Å². The van der Waals surface area contributed by atoms with Crippen molar-refractivity contribution in [3.63, 3.8) is 0 Å². The van der Waals surface area contributed by atoms with E-state index in [1.807, 2.05) is 22.9 Å². The van der Waals surface area contributed by atoms with Crippen LogP contribution in [0.1, 0.15) is 44.1 Å². The number of carbonyl (C=O) groups is 1. The zero-order valence-electron chi connectivity index (χ0n) is 14.4. The molecule has 0 radical (unpaired) electrons. The van der Waals surface area contributed by atoms with Crippen LogP contribution in [0.2, 0.25) is 0 Å². The molecule has 2 N–H and O–H groups in total. The number of amides is 2. The maximum atomic E-state index is 12.2. The van der Waals surface area contributed by atoms with Crippen molar-refractivity contribution in [2.45, 2.75) is 51.1 Å². The standard InChI is InChI=1S/C19H25N5O/c25-19(23-17-3-1-2-16(11-17)15-4-5-15)22-12-14-6-7-21-18(10-14)24-9-8-20-13-24/h6-10,13,15-17H,1-5,11-12H2,(H2,22,23,25)/t16-,17+/m1/s1. The maximum absolute atomic E-state index is 12.2. The molecule has 2 aliphatic carbocycles. The number of rotatable bonds is 5. The SMILES string of the molecule is O=C(NCc1ccnc(-n2ccnc2)c1)N[C@H]1CCC[C@@H](C2CC2)C1. The number of imidazole rings is 1. The second-order valence-electron chi connectivity index (χ2n) is 7.28. The molecule has 2 aliphatic rings. The molecule has 132 valence electrons. The van der Waals surface area contributed by atoms with E-state index in [2.05, 4.69) is 20.6 Å². The highest BCUT2D eigenvalue weighted by Crippen LogP contribution is 2.43. The molecular formula is C19H25N5O. The average molecular weight is 339 g/mol. The van der Waals surface area contributed by atoms with Gasteiger partial charge in [0.2, 0.25) is 0 Å². The Morgan fingerprint density at radius 2 is 2.12 bits per heavy atom. The van der Waals surface area contributed by atoms with Gasteiger partial charge in [-0.1, -0.05) is 12.8 Å². The zero-order chi connectivity index (χ0) is 17.1. The van der Waals surface area contributed by atoms with Crippen LogP contribution in [0.25, 0.3) is 5.82 Å². The van der Waals surface area contributed by atoms with Gasteiger partial charge in [0, 0.05) is 31.2 Å². The van der Waals surface area contributed by atoms with Gasteiger partial charge in [-0.15, -0.1) is 0 Å². The maximum Gasteiger partial charge on any atom is 0.315 e. The molecule has 2 aromatic heterocycles. The summed E-state index contributed by atoms with van der Waals surface area (Å²) in [6.07, 6.45) is 14.7. The lowest BCUT2D eigenvalue weighted by molar-refractivity contribution is 0.220. The van der Waals surface area contributed by atoms with Crippen LogP contribution in [0.5, 0.6) is 0 Å². The molecule has 2 amide bonds. The third kappa shape index (κ3) is 4.18. The number of carbonyl (C=O) groups excluding carboxylic acids is 1. The molecule has 2 aromatic rings. The van der Waals surface area contributed by atoms with E-state index in [1.54, 1.807) is 18.7 Å². The lowest BCUT2D eigenvalue weighted by Gasteiger charge is -2.29. The Kier molecular flexibility index (Phi) is 4.68. The summed E-state index contributed by atoms with van der Waals surface area (Å²) in [5, 5.41) is 6.14. The molecule has 0 unspecified atom stereocenters. The van der Waals surface area contributed by atoms with Gasteiger partial charge in [-0.05, 0) is 55.2 Å². The summed E-state index contributed by atoms with van der Waals surface area (Å²) in [6.45, 7) is 0.495. The van der Waals surface area contributed by atoms with Crippen molar-refractivity contribution in [3.05, 3.63) is 42.6 Å². The summed E-state index contributed by atoms with van der Waals surface area (Å²) in [7, 11) is 0.